The quantitative estimate of drug-likeness (QED) is 0.754. The van der Waals surface area contributed by atoms with Gasteiger partial charge in [-0.1, -0.05) is 20.8 Å². The minimum atomic E-state index is 0.618. The molecule has 0 bridgehead atoms. The van der Waals surface area contributed by atoms with Crippen molar-refractivity contribution in [2.45, 2.75) is 34.2 Å². The van der Waals surface area contributed by atoms with E-state index in [0.29, 0.717) is 5.92 Å². The van der Waals surface area contributed by atoms with Gasteiger partial charge in [0, 0.05) is 49.9 Å². The van der Waals surface area contributed by atoms with Crippen LogP contribution < -0.4 is 10.2 Å². The number of ether oxygens (including phenoxy) is 1. The number of hydrogen-bond acceptors (Lipinski definition) is 4. The smallest absolute Gasteiger partial charge is 0.0637 e. The third kappa shape index (κ3) is 5.47. The van der Waals surface area contributed by atoms with Crippen molar-refractivity contribution >= 4 is 5.69 Å². The van der Waals surface area contributed by atoms with E-state index < -0.39 is 0 Å². The monoisotopic (exact) mass is 279 g/mol. The highest BCUT2D eigenvalue weighted by molar-refractivity contribution is 5.53. The molecule has 0 amide bonds. The molecule has 0 aliphatic heterocycles. The van der Waals surface area contributed by atoms with Crippen molar-refractivity contribution in [3.05, 3.63) is 23.5 Å². The lowest BCUT2D eigenvalue weighted by Crippen LogP contribution is -2.32. The fourth-order valence-corrected chi connectivity index (χ4v) is 2.22. The molecule has 0 saturated carbocycles. The van der Waals surface area contributed by atoms with Gasteiger partial charge in [-0.25, -0.2) is 0 Å². The first-order valence-electron chi connectivity index (χ1n) is 7.48. The van der Waals surface area contributed by atoms with Crippen LogP contribution in [0.25, 0.3) is 0 Å². The van der Waals surface area contributed by atoms with Crippen molar-refractivity contribution < 1.29 is 4.74 Å². The Morgan fingerprint density at radius 2 is 2.15 bits per heavy atom. The highest BCUT2D eigenvalue weighted by Crippen LogP contribution is 2.22. The molecule has 1 rings (SSSR count). The molecule has 0 aliphatic carbocycles. The van der Waals surface area contributed by atoms with E-state index in [4.69, 9.17) is 4.74 Å². The zero-order valence-corrected chi connectivity index (χ0v) is 13.6. The Labute approximate surface area is 123 Å². The molecule has 0 fully saturated rings. The topological polar surface area (TPSA) is 37.4 Å². The third-order valence-corrected chi connectivity index (χ3v) is 3.16. The van der Waals surface area contributed by atoms with Crippen molar-refractivity contribution in [2.75, 3.05) is 38.3 Å². The van der Waals surface area contributed by atoms with Gasteiger partial charge in [0.2, 0.25) is 0 Å². The minimum absolute atomic E-state index is 0.618. The lowest BCUT2D eigenvalue weighted by molar-refractivity contribution is 0.204. The Morgan fingerprint density at radius 3 is 2.75 bits per heavy atom. The summed E-state index contributed by atoms with van der Waals surface area (Å²) in [5, 5.41) is 3.39. The molecule has 1 aromatic rings. The maximum Gasteiger partial charge on any atom is 0.0637 e. The predicted octanol–water partition coefficient (Wildman–Crippen LogP) is 2.61. The zero-order chi connectivity index (χ0) is 15.0. The van der Waals surface area contributed by atoms with Crippen molar-refractivity contribution in [1.82, 2.24) is 10.3 Å². The van der Waals surface area contributed by atoms with Crippen LogP contribution >= 0.6 is 0 Å². The number of nitrogens with zero attached hydrogens (tertiary/aromatic N) is 2. The molecule has 0 aromatic carbocycles. The van der Waals surface area contributed by atoms with Gasteiger partial charge in [-0.2, -0.15) is 0 Å². The van der Waals surface area contributed by atoms with Crippen LogP contribution in [0.1, 0.15) is 32.0 Å². The Balaban J connectivity index is 2.98. The molecule has 0 radical (unpaired) electrons. The Bertz CT molecular complexity index is 393. The van der Waals surface area contributed by atoms with E-state index in [1.807, 2.05) is 13.1 Å². The standard InChI is InChI=1S/C16H29N3O/c1-6-17-10-15-11-18-14(4)9-16(15)19(7-8-20-5)12-13(2)3/h9,11,13,17H,6-8,10,12H2,1-5H3. The number of nitrogens with one attached hydrogen (secondary N) is 1. The molecule has 4 nitrogen and oxygen atoms in total. The normalized spacial score (nSPS) is 11.1. The highest BCUT2D eigenvalue weighted by atomic mass is 16.5. The maximum atomic E-state index is 5.25. The van der Waals surface area contributed by atoms with E-state index in [9.17, 15) is 0 Å². The molecule has 0 atom stereocenters. The number of hydrogen-bond donors (Lipinski definition) is 1. The van der Waals surface area contributed by atoms with Gasteiger partial charge in [0.05, 0.1) is 6.61 Å². The molecule has 0 saturated heterocycles. The summed E-state index contributed by atoms with van der Waals surface area (Å²) in [6, 6.07) is 2.19. The van der Waals surface area contributed by atoms with Gasteiger partial charge in [0.15, 0.2) is 0 Å². The molecule has 4 heteroatoms. The SMILES string of the molecule is CCNCc1cnc(C)cc1N(CCOC)CC(C)C. The summed E-state index contributed by atoms with van der Waals surface area (Å²) >= 11 is 0. The van der Waals surface area contributed by atoms with Crippen LogP contribution in [0, 0.1) is 12.8 Å². The molecule has 1 heterocycles. The second kappa shape index (κ2) is 8.93. The molecule has 20 heavy (non-hydrogen) atoms. The molecular weight excluding hydrogens is 250 g/mol. The van der Waals surface area contributed by atoms with Crippen molar-refractivity contribution in [2.24, 2.45) is 5.92 Å². The van der Waals surface area contributed by atoms with Gasteiger partial charge in [0.1, 0.15) is 0 Å². The minimum Gasteiger partial charge on any atom is -0.383 e. The average molecular weight is 279 g/mol. The number of aryl methyl sites for hydroxylation is 1. The maximum absolute atomic E-state index is 5.25. The molecule has 0 aliphatic rings. The van der Waals surface area contributed by atoms with Crippen LogP contribution in [-0.2, 0) is 11.3 Å². The van der Waals surface area contributed by atoms with Gasteiger partial charge in [-0.3, -0.25) is 4.98 Å². The molecule has 0 unspecified atom stereocenters. The van der Waals surface area contributed by atoms with Gasteiger partial charge >= 0.3 is 0 Å². The van der Waals surface area contributed by atoms with Crippen molar-refractivity contribution in [3.63, 3.8) is 0 Å². The Morgan fingerprint density at radius 1 is 1.40 bits per heavy atom. The summed E-state index contributed by atoms with van der Waals surface area (Å²) in [5.41, 5.74) is 3.60. The molecule has 1 N–H and O–H groups in total. The highest BCUT2D eigenvalue weighted by Gasteiger charge is 2.13. The van der Waals surface area contributed by atoms with E-state index in [1.54, 1.807) is 7.11 Å². The van der Waals surface area contributed by atoms with Crippen LogP contribution in [0.3, 0.4) is 0 Å². The number of rotatable bonds is 9. The Hall–Kier alpha value is -1.13. The second-order valence-electron chi connectivity index (χ2n) is 5.57. The summed E-state index contributed by atoms with van der Waals surface area (Å²) in [6.07, 6.45) is 1.99. The number of anilines is 1. The van der Waals surface area contributed by atoms with E-state index >= 15 is 0 Å². The number of aromatic nitrogens is 1. The van der Waals surface area contributed by atoms with Crippen LogP contribution in [0.2, 0.25) is 0 Å². The zero-order valence-electron chi connectivity index (χ0n) is 13.6. The van der Waals surface area contributed by atoms with Crippen LogP contribution in [0.4, 0.5) is 5.69 Å². The predicted molar refractivity (Wildman–Crippen MR) is 85.3 cm³/mol. The summed E-state index contributed by atoms with van der Waals surface area (Å²) in [6.45, 7) is 13.2. The molecule has 1 aromatic heterocycles. The Kier molecular flexibility index (Phi) is 7.55. The fourth-order valence-electron chi connectivity index (χ4n) is 2.22. The van der Waals surface area contributed by atoms with Crippen molar-refractivity contribution in [1.29, 1.82) is 0 Å². The number of methoxy groups -OCH3 is 1. The third-order valence-electron chi connectivity index (χ3n) is 3.16. The molecule has 0 spiro atoms. The van der Waals surface area contributed by atoms with E-state index in [1.165, 1.54) is 11.3 Å². The first-order chi connectivity index (χ1) is 9.58. The van der Waals surface area contributed by atoms with Crippen LogP contribution in [-0.4, -0.2) is 38.3 Å². The van der Waals surface area contributed by atoms with Crippen molar-refractivity contribution in [3.8, 4) is 0 Å². The summed E-state index contributed by atoms with van der Waals surface area (Å²) in [4.78, 5) is 6.85. The van der Waals surface area contributed by atoms with Gasteiger partial charge in [-0.05, 0) is 25.5 Å². The number of pyridine rings is 1. The summed E-state index contributed by atoms with van der Waals surface area (Å²) < 4.78 is 5.25. The van der Waals surface area contributed by atoms with Gasteiger partial charge in [0.25, 0.3) is 0 Å². The second-order valence-corrected chi connectivity index (χ2v) is 5.57. The van der Waals surface area contributed by atoms with Crippen LogP contribution in [0.15, 0.2) is 12.3 Å². The van der Waals surface area contributed by atoms with E-state index in [2.05, 4.69) is 42.0 Å². The van der Waals surface area contributed by atoms with E-state index in [0.717, 1.165) is 38.5 Å². The first-order valence-corrected chi connectivity index (χ1v) is 7.48. The van der Waals surface area contributed by atoms with Crippen LogP contribution in [0.5, 0.6) is 0 Å². The lowest BCUT2D eigenvalue weighted by atomic mass is 10.1. The molecular formula is C16H29N3O. The largest absolute Gasteiger partial charge is 0.383 e. The summed E-state index contributed by atoms with van der Waals surface area (Å²) in [7, 11) is 1.75. The first kappa shape index (κ1) is 16.9. The van der Waals surface area contributed by atoms with E-state index in [-0.39, 0.29) is 0 Å². The fraction of sp³-hybridized carbons (Fsp3) is 0.688. The van der Waals surface area contributed by atoms with Gasteiger partial charge < -0.3 is 15.0 Å². The average Bonchev–Trinajstić information content (AvgIpc) is 2.41. The van der Waals surface area contributed by atoms with Gasteiger partial charge in [-0.15, -0.1) is 0 Å². The summed E-state index contributed by atoms with van der Waals surface area (Å²) in [5.74, 6) is 0.618. The molecule has 114 valence electrons. The lowest BCUT2D eigenvalue weighted by Gasteiger charge is -2.29.